The molecule has 41 heavy (non-hydrogen) atoms. The molecule has 0 spiro atoms. The fourth-order valence-corrected chi connectivity index (χ4v) is 7.92. The molecule has 0 atom stereocenters. The molecule has 0 bridgehead atoms. The van der Waals surface area contributed by atoms with Crippen LogP contribution in [-0.4, -0.2) is 0 Å². The molecule has 0 N–H and O–H groups in total. The van der Waals surface area contributed by atoms with Crippen molar-refractivity contribution in [3.8, 4) is 55.6 Å². The van der Waals surface area contributed by atoms with Crippen molar-refractivity contribution in [3.05, 3.63) is 146 Å². The number of thiophene rings is 1. The third kappa shape index (κ3) is 3.46. The Kier molecular flexibility index (Phi) is 4.87. The second kappa shape index (κ2) is 8.76. The van der Waals surface area contributed by atoms with Gasteiger partial charge in [0.1, 0.15) is 0 Å². The van der Waals surface area contributed by atoms with Gasteiger partial charge in [0, 0.05) is 20.2 Å². The lowest BCUT2D eigenvalue weighted by molar-refractivity contribution is 1.59. The monoisotopic (exact) mass is 536 g/mol. The summed E-state index contributed by atoms with van der Waals surface area (Å²) < 4.78 is 2.70. The highest BCUT2D eigenvalue weighted by atomic mass is 32.1. The zero-order chi connectivity index (χ0) is 26.9. The van der Waals surface area contributed by atoms with Crippen LogP contribution >= 0.6 is 11.3 Å². The number of hydrogen-bond donors (Lipinski definition) is 0. The summed E-state index contributed by atoms with van der Waals surface area (Å²) in [6.07, 6.45) is 0. The molecule has 8 aromatic rings. The summed E-state index contributed by atoms with van der Waals surface area (Å²) in [6.45, 7) is 0. The first-order valence-electron chi connectivity index (χ1n) is 14.1. The largest absolute Gasteiger partial charge is 0.135 e. The first-order valence-corrected chi connectivity index (χ1v) is 14.9. The normalized spacial score (nSPS) is 11.9. The van der Waals surface area contributed by atoms with Crippen molar-refractivity contribution >= 4 is 42.3 Å². The molecule has 0 saturated heterocycles. The first kappa shape index (κ1) is 22.8. The van der Waals surface area contributed by atoms with Gasteiger partial charge in [-0.05, 0) is 90.7 Å². The Balaban J connectivity index is 1.11. The van der Waals surface area contributed by atoms with Crippen molar-refractivity contribution < 1.29 is 0 Å². The van der Waals surface area contributed by atoms with E-state index in [0.29, 0.717) is 0 Å². The Morgan fingerprint density at radius 1 is 0.341 bits per heavy atom. The van der Waals surface area contributed by atoms with Crippen molar-refractivity contribution in [1.29, 1.82) is 0 Å². The molecule has 190 valence electrons. The molecule has 1 heteroatoms. The molecule has 0 saturated carbocycles. The Morgan fingerprint density at radius 3 is 1.85 bits per heavy atom. The van der Waals surface area contributed by atoms with E-state index in [1.807, 2.05) is 11.3 Å². The van der Waals surface area contributed by atoms with Gasteiger partial charge in [0.2, 0.25) is 0 Å². The van der Waals surface area contributed by atoms with Crippen molar-refractivity contribution in [2.24, 2.45) is 0 Å². The zero-order valence-corrected chi connectivity index (χ0v) is 23.1. The van der Waals surface area contributed by atoms with Gasteiger partial charge < -0.3 is 0 Å². The summed E-state index contributed by atoms with van der Waals surface area (Å²) in [5.74, 6) is 0. The quantitative estimate of drug-likeness (QED) is 0.211. The van der Waals surface area contributed by atoms with E-state index in [1.54, 1.807) is 0 Å². The van der Waals surface area contributed by atoms with Gasteiger partial charge in [0.15, 0.2) is 0 Å². The number of hydrogen-bond acceptors (Lipinski definition) is 1. The summed E-state index contributed by atoms with van der Waals surface area (Å²) in [5.41, 5.74) is 12.9. The number of rotatable bonds is 3. The third-order valence-corrected chi connectivity index (χ3v) is 9.83. The van der Waals surface area contributed by atoms with Crippen molar-refractivity contribution in [3.63, 3.8) is 0 Å². The summed E-state index contributed by atoms with van der Waals surface area (Å²) in [7, 11) is 0. The highest BCUT2D eigenvalue weighted by molar-refractivity contribution is 7.26. The molecule has 1 aromatic heterocycles. The molecule has 0 aliphatic heterocycles. The molecule has 1 aliphatic carbocycles. The molecule has 9 rings (SSSR count). The Morgan fingerprint density at radius 2 is 0.976 bits per heavy atom. The fourth-order valence-electron chi connectivity index (χ4n) is 6.68. The van der Waals surface area contributed by atoms with Crippen LogP contribution < -0.4 is 0 Å². The minimum atomic E-state index is 1.23. The average Bonchev–Trinajstić information content (AvgIpc) is 3.58. The van der Waals surface area contributed by atoms with Crippen LogP contribution in [0.4, 0.5) is 0 Å². The minimum absolute atomic E-state index is 1.23. The van der Waals surface area contributed by atoms with Crippen LogP contribution in [0.15, 0.2) is 146 Å². The van der Waals surface area contributed by atoms with Crippen LogP contribution in [0.25, 0.3) is 86.6 Å². The predicted octanol–water partition coefficient (Wildman–Crippen LogP) is 11.9. The average molecular weight is 537 g/mol. The lowest BCUT2D eigenvalue weighted by Crippen LogP contribution is -1.85. The number of benzene rings is 7. The zero-order valence-electron chi connectivity index (χ0n) is 22.3. The van der Waals surface area contributed by atoms with E-state index in [4.69, 9.17) is 0 Å². The molecular formula is C40H24S. The van der Waals surface area contributed by atoms with E-state index in [0.717, 1.165) is 0 Å². The van der Waals surface area contributed by atoms with Crippen LogP contribution in [0.5, 0.6) is 0 Å². The molecule has 1 heterocycles. The second-order valence-corrected chi connectivity index (χ2v) is 12.0. The molecule has 0 unspecified atom stereocenters. The highest BCUT2D eigenvalue weighted by Gasteiger charge is 2.21. The lowest BCUT2D eigenvalue weighted by atomic mass is 9.93. The van der Waals surface area contributed by atoms with Crippen LogP contribution in [0.2, 0.25) is 0 Å². The molecule has 0 radical (unpaired) electrons. The molecule has 0 amide bonds. The Hall–Kier alpha value is -4.98. The summed E-state index contributed by atoms with van der Waals surface area (Å²) in [5, 5.41) is 5.36. The first-order chi connectivity index (χ1) is 20.3. The fraction of sp³-hybridized carbons (Fsp3) is 0. The molecule has 0 fully saturated rings. The standard InChI is InChI=1S/C40H24S/c1-2-12-33-32(11-1)35-15-6-10-29-23-30(24-37(33)39(29)35)28-9-5-8-27(22-28)25-18-20-26(21-19-25)31-14-7-16-36-34-13-3-4-17-38(34)41-40(31)36/h1-24H. The van der Waals surface area contributed by atoms with Gasteiger partial charge in [-0.25, -0.2) is 0 Å². The maximum absolute atomic E-state index is 2.38. The van der Waals surface area contributed by atoms with E-state index in [2.05, 4.69) is 146 Å². The van der Waals surface area contributed by atoms with Gasteiger partial charge in [0.05, 0.1) is 0 Å². The summed E-state index contributed by atoms with van der Waals surface area (Å²) in [4.78, 5) is 0. The molecule has 1 aliphatic rings. The van der Waals surface area contributed by atoms with E-state index in [-0.39, 0.29) is 0 Å². The number of fused-ring (bicyclic) bond motifs is 6. The summed E-state index contributed by atoms with van der Waals surface area (Å²) >= 11 is 1.89. The SMILES string of the molecule is c1cc(-c2ccc(-c3cccc4c3sc3ccccc34)cc2)cc(-c2cc3c4c(cccc4c2)-c2ccccc2-3)c1. The van der Waals surface area contributed by atoms with Crippen LogP contribution in [0.3, 0.4) is 0 Å². The maximum atomic E-state index is 2.38. The van der Waals surface area contributed by atoms with E-state index in [1.165, 1.54) is 86.6 Å². The van der Waals surface area contributed by atoms with Gasteiger partial charge in [0.25, 0.3) is 0 Å². The minimum Gasteiger partial charge on any atom is -0.135 e. The van der Waals surface area contributed by atoms with Gasteiger partial charge in [-0.3, -0.25) is 0 Å². The van der Waals surface area contributed by atoms with E-state index in [9.17, 15) is 0 Å². The molecule has 0 nitrogen and oxygen atoms in total. The van der Waals surface area contributed by atoms with Crippen molar-refractivity contribution in [1.82, 2.24) is 0 Å². The van der Waals surface area contributed by atoms with Crippen molar-refractivity contribution in [2.75, 3.05) is 0 Å². The third-order valence-electron chi connectivity index (χ3n) is 8.61. The van der Waals surface area contributed by atoms with E-state index < -0.39 is 0 Å². The maximum Gasteiger partial charge on any atom is 0.0433 e. The van der Waals surface area contributed by atoms with E-state index >= 15 is 0 Å². The lowest BCUT2D eigenvalue weighted by Gasteiger charge is -2.11. The molecular weight excluding hydrogens is 513 g/mol. The van der Waals surface area contributed by atoms with Gasteiger partial charge in [-0.2, -0.15) is 0 Å². The van der Waals surface area contributed by atoms with Crippen LogP contribution in [0.1, 0.15) is 0 Å². The topological polar surface area (TPSA) is 0 Å². The Bertz CT molecular complexity index is 2300. The second-order valence-electron chi connectivity index (χ2n) is 10.9. The predicted molar refractivity (Wildman–Crippen MR) is 178 cm³/mol. The van der Waals surface area contributed by atoms with Crippen LogP contribution in [0, 0.1) is 0 Å². The summed E-state index contributed by atoms with van der Waals surface area (Å²) in [6, 6.07) is 53.7. The van der Waals surface area contributed by atoms with Gasteiger partial charge >= 0.3 is 0 Å². The van der Waals surface area contributed by atoms with Gasteiger partial charge in [-0.1, -0.05) is 121 Å². The smallest absolute Gasteiger partial charge is 0.0433 e. The molecule has 7 aromatic carbocycles. The highest BCUT2D eigenvalue weighted by Crippen LogP contribution is 2.48. The van der Waals surface area contributed by atoms with Gasteiger partial charge in [-0.15, -0.1) is 11.3 Å². The van der Waals surface area contributed by atoms with Crippen LogP contribution in [-0.2, 0) is 0 Å². The van der Waals surface area contributed by atoms with Crippen molar-refractivity contribution in [2.45, 2.75) is 0 Å². The Labute approximate surface area is 242 Å².